The Morgan fingerprint density at radius 3 is 2.76 bits per heavy atom. The molecule has 0 saturated heterocycles. The highest BCUT2D eigenvalue weighted by Crippen LogP contribution is 2.19. The second-order valence-corrected chi connectivity index (χ2v) is 2.99. The van der Waals surface area contributed by atoms with Crippen LogP contribution in [0.3, 0.4) is 0 Å². The van der Waals surface area contributed by atoms with E-state index < -0.39 is 38.8 Å². The number of fused-ring (bicyclic) bond motifs is 1. The number of hydrogen-bond donors (Lipinski definition) is 2. The summed E-state index contributed by atoms with van der Waals surface area (Å²) in [5.41, 5.74) is -3.74. The summed E-state index contributed by atoms with van der Waals surface area (Å²) in [6.45, 7) is 0. The fraction of sp³-hybridized carbons (Fsp3) is 0. The second-order valence-electron chi connectivity index (χ2n) is 2.99. The molecular weight excluding hydrogens is 239 g/mol. The molecule has 0 amide bonds. The van der Waals surface area contributed by atoms with Gasteiger partial charge in [0.1, 0.15) is 0 Å². The van der Waals surface area contributed by atoms with E-state index >= 15 is 0 Å². The monoisotopic (exact) mass is 242 g/mol. The average molecular weight is 242 g/mol. The zero-order valence-corrected chi connectivity index (χ0v) is 7.88. The zero-order valence-electron chi connectivity index (χ0n) is 7.88. The molecule has 88 valence electrons. The highest BCUT2D eigenvalue weighted by molar-refractivity contribution is 5.81. The summed E-state index contributed by atoms with van der Waals surface area (Å²) in [5, 5.41) is 19.9. The van der Waals surface area contributed by atoms with Crippen LogP contribution in [0.2, 0.25) is 0 Å². The van der Waals surface area contributed by atoms with Gasteiger partial charge in [0.15, 0.2) is 0 Å². The number of nitro groups is 1. The van der Waals surface area contributed by atoms with Crippen LogP contribution in [0.1, 0.15) is 0 Å². The molecule has 0 saturated carbocycles. The molecular formula is C7H3FN4O5. The van der Waals surface area contributed by atoms with Gasteiger partial charge in [-0.15, -0.1) is 4.73 Å². The fourth-order valence-corrected chi connectivity index (χ4v) is 1.30. The lowest BCUT2D eigenvalue weighted by Crippen LogP contribution is -2.35. The Bertz CT molecular complexity index is 748. The SMILES string of the molecule is O=c1[nH]c2cc(F)nc([N+](=O)[O-])c2n(O)c1=O. The molecule has 0 aliphatic rings. The fourth-order valence-electron chi connectivity index (χ4n) is 1.30. The van der Waals surface area contributed by atoms with Gasteiger partial charge in [0.2, 0.25) is 5.52 Å². The highest BCUT2D eigenvalue weighted by atomic mass is 19.1. The van der Waals surface area contributed by atoms with Crippen LogP contribution in [0.5, 0.6) is 0 Å². The van der Waals surface area contributed by atoms with Gasteiger partial charge in [-0.25, -0.2) is 0 Å². The summed E-state index contributed by atoms with van der Waals surface area (Å²) >= 11 is 0. The first kappa shape index (κ1) is 10.7. The lowest BCUT2D eigenvalue weighted by molar-refractivity contribution is -0.388. The third-order valence-electron chi connectivity index (χ3n) is 1.96. The number of pyridine rings is 1. The van der Waals surface area contributed by atoms with Crippen molar-refractivity contribution in [2.75, 3.05) is 0 Å². The topological polar surface area (TPSA) is 131 Å². The summed E-state index contributed by atoms with van der Waals surface area (Å²) in [4.78, 5) is 36.4. The molecule has 2 aromatic rings. The van der Waals surface area contributed by atoms with E-state index in [4.69, 9.17) is 0 Å². The van der Waals surface area contributed by atoms with Crippen LogP contribution >= 0.6 is 0 Å². The van der Waals surface area contributed by atoms with Gasteiger partial charge < -0.3 is 20.3 Å². The van der Waals surface area contributed by atoms with Crippen molar-refractivity contribution in [3.8, 4) is 0 Å². The van der Waals surface area contributed by atoms with Crippen molar-refractivity contribution in [2.45, 2.75) is 0 Å². The molecule has 10 heteroatoms. The smallest absolute Gasteiger partial charge is 0.396 e. The zero-order chi connectivity index (χ0) is 12.7. The van der Waals surface area contributed by atoms with Crippen molar-refractivity contribution in [3.05, 3.63) is 42.8 Å². The highest BCUT2D eigenvalue weighted by Gasteiger charge is 2.22. The molecule has 0 atom stereocenters. The van der Waals surface area contributed by atoms with E-state index in [1.165, 1.54) is 0 Å². The summed E-state index contributed by atoms with van der Waals surface area (Å²) in [6, 6.07) is 0.649. The molecule has 0 aliphatic heterocycles. The largest absolute Gasteiger partial charge is 0.424 e. The maximum absolute atomic E-state index is 12.9. The predicted molar refractivity (Wildman–Crippen MR) is 50.4 cm³/mol. The van der Waals surface area contributed by atoms with E-state index in [0.29, 0.717) is 6.07 Å². The Hall–Kier alpha value is -2.78. The van der Waals surface area contributed by atoms with Crippen LogP contribution in [-0.2, 0) is 0 Å². The minimum Gasteiger partial charge on any atom is -0.424 e. The maximum atomic E-state index is 12.9. The van der Waals surface area contributed by atoms with Crippen molar-refractivity contribution in [3.63, 3.8) is 0 Å². The molecule has 2 N–H and O–H groups in total. The van der Waals surface area contributed by atoms with Crippen LogP contribution in [0.4, 0.5) is 10.2 Å². The summed E-state index contributed by atoms with van der Waals surface area (Å²) < 4.78 is 12.7. The molecule has 2 aromatic heterocycles. The van der Waals surface area contributed by atoms with Gasteiger partial charge in [-0.05, 0) is 9.91 Å². The molecule has 2 rings (SSSR count). The third-order valence-corrected chi connectivity index (χ3v) is 1.96. The van der Waals surface area contributed by atoms with E-state index in [1.54, 1.807) is 0 Å². The summed E-state index contributed by atoms with van der Waals surface area (Å²) in [7, 11) is 0. The van der Waals surface area contributed by atoms with Crippen molar-refractivity contribution in [2.24, 2.45) is 0 Å². The van der Waals surface area contributed by atoms with Gasteiger partial charge in [-0.1, -0.05) is 0 Å². The maximum Gasteiger partial charge on any atom is 0.396 e. The summed E-state index contributed by atoms with van der Waals surface area (Å²) in [6.07, 6.45) is 0. The molecule has 17 heavy (non-hydrogen) atoms. The second kappa shape index (κ2) is 3.37. The quantitative estimate of drug-likeness (QED) is 0.225. The van der Waals surface area contributed by atoms with Crippen molar-refractivity contribution >= 4 is 16.9 Å². The molecule has 0 aliphatic carbocycles. The van der Waals surface area contributed by atoms with Gasteiger partial charge in [-0.2, -0.15) is 4.39 Å². The van der Waals surface area contributed by atoms with Crippen molar-refractivity contribution < 1.29 is 14.5 Å². The first-order valence-electron chi connectivity index (χ1n) is 4.11. The average Bonchev–Trinajstić information content (AvgIpc) is 2.24. The number of aromatic nitrogens is 3. The number of nitrogens with one attached hydrogen (secondary N) is 1. The Morgan fingerprint density at radius 1 is 1.53 bits per heavy atom. The Labute approximate surface area is 89.9 Å². The number of hydrogen-bond acceptors (Lipinski definition) is 6. The standard InChI is InChI=1S/C7H3FN4O5/c8-3-1-2-4(5(10-3)12(16)17)11(15)7(14)6(13)9-2/h1,15H,(H,9,13). The van der Waals surface area contributed by atoms with E-state index in [9.17, 15) is 29.3 Å². The Kier molecular flexibility index (Phi) is 2.12. The lowest BCUT2D eigenvalue weighted by Gasteiger charge is -2.02. The number of H-pyrrole nitrogens is 1. The minimum absolute atomic E-state index is 0.237. The van der Waals surface area contributed by atoms with Crippen molar-refractivity contribution in [1.82, 2.24) is 14.7 Å². The van der Waals surface area contributed by atoms with Gasteiger partial charge in [0.05, 0.1) is 5.52 Å². The number of aromatic amines is 1. The minimum atomic E-state index is -1.42. The number of rotatable bonds is 1. The molecule has 0 unspecified atom stereocenters. The molecule has 2 heterocycles. The number of nitrogens with zero attached hydrogens (tertiary/aromatic N) is 3. The predicted octanol–water partition coefficient (Wildman–Crippen LogP) is -0.631. The van der Waals surface area contributed by atoms with Gasteiger partial charge in [0, 0.05) is 6.07 Å². The molecule has 0 fully saturated rings. The van der Waals surface area contributed by atoms with Crippen molar-refractivity contribution in [1.29, 1.82) is 0 Å². The normalized spacial score (nSPS) is 10.6. The van der Waals surface area contributed by atoms with E-state index in [0.717, 1.165) is 0 Å². The molecule has 0 aromatic carbocycles. The Balaban J connectivity index is 3.12. The van der Waals surface area contributed by atoms with Gasteiger partial charge in [-0.3, -0.25) is 9.59 Å². The van der Waals surface area contributed by atoms with Crippen LogP contribution in [0.25, 0.3) is 11.0 Å². The molecule has 0 spiro atoms. The van der Waals surface area contributed by atoms with Gasteiger partial charge >= 0.3 is 22.9 Å². The molecule has 9 nitrogen and oxygen atoms in total. The summed E-state index contributed by atoms with van der Waals surface area (Å²) in [5.74, 6) is -2.30. The van der Waals surface area contributed by atoms with Gasteiger partial charge in [0.25, 0.3) is 0 Å². The lowest BCUT2D eigenvalue weighted by atomic mass is 10.3. The first-order valence-corrected chi connectivity index (χ1v) is 4.11. The van der Waals surface area contributed by atoms with Crippen LogP contribution in [0, 0.1) is 16.1 Å². The van der Waals surface area contributed by atoms with E-state index in [1.807, 2.05) is 4.98 Å². The molecule has 0 bridgehead atoms. The van der Waals surface area contributed by atoms with Crippen LogP contribution < -0.4 is 11.1 Å². The first-order chi connectivity index (χ1) is 7.91. The Morgan fingerprint density at radius 2 is 2.18 bits per heavy atom. The third kappa shape index (κ3) is 1.51. The molecule has 0 radical (unpaired) electrons. The van der Waals surface area contributed by atoms with E-state index in [2.05, 4.69) is 4.98 Å². The van der Waals surface area contributed by atoms with E-state index in [-0.39, 0.29) is 4.73 Å². The van der Waals surface area contributed by atoms with Crippen LogP contribution in [-0.4, -0.2) is 24.8 Å². The van der Waals surface area contributed by atoms with Crippen LogP contribution in [0.15, 0.2) is 15.7 Å². The number of halogens is 1.